The number of rotatable bonds is 6. The van der Waals surface area contributed by atoms with Gasteiger partial charge in [0, 0.05) is 23.7 Å². The lowest BCUT2D eigenvalue weighted by Gasteiger charge is -2.15. The smallest absolute Gasteiger partial charge is 0.251 e. The zero-order valence-electron chi connectivity index (χ0n) is 18.0. The summed E-state index contributed by atoms with van der Waals surface area (Å²) >= 11 is 0. The molecule has 160 valence electrons. The first-order valence-corrected chi connectivity index (χ1v) is 10.6. The molecule has 1 heterocycles. The van der Waals surface area contributed by atoms with Gasteiger partial charge < -0.3 is 5.32 Å². The maximum absolute atomic E-state index is 12.3. The van der Waals surface area contributed by atoms with Gasteiger partial charge in [-0.3, -0.25) is 4.79 Å². The minimum absolute atomic E-state index is 0.216. The van der Waals surface area contributed by atoms with Gasteiger partial charge in [-0.2, -0.15) is 0 Å². The molecule has 1 aromatic heterocycles. The van der Waals surface area contributed by atoms with Crippen LogP contribution < -0.4 is 5.32 Å². The summed E-state index contributed by atoms with van der Waals surface area (Å²) in [6, 6.07) is 5.27. The Morgan fingerprint density at radius 3 is 2.70 bits per heavy atom. The molecule has 5 heteroatoms. The molecule has 0 unspecified atom stereocenters. The third-order valence-corrected chi connectivity index (χ3v) is 5.07. The highest BCUT2D eigenvalue weighted by Crippen LogP contribution is 2.22. The van der Waals surface area contributed by atoms with Crippen LogP contribution in [0.5, 0.6) is 0 Å². The number of nitrogens with one attached hydrogen (secondary N) is 1. The second kappa shape index (κ2) is 12.7. The van der Waals surface area contributed by atoms with Crippen LogP contribution >= 0.6 is 0 Å². The maximum atomic E-state index is 12.3. The summed E-state index contributed by atoms with van der Waals surface area (Å²) in [7, 11) is 0. The Balaban J connectivity index is 0.000000386. The van der Waals surface area contributed by atoms with E-state index >= 15 is 0 Å². The number of allylic oxidation sites excluding steroid dienone is 3. The van der Waals surface area contributed by atoms with E-state index in [1.165, 1.54) is 38.2 Å². The number of amides is 1. The van der Waals surface area contributed by atoms with Gasteiger partial charge in [-0.05, 0) is 30.5 Å². The molecule has 1 fully saturated rings. The predicted molar refractivity (Wildman–Crippen MR) is 122 cm³/mol. The van der Waals surface area contributed by atoms with Gasteiger partial charge in [0.1, 0.15) is 12.5 Å². The monoisotopic (exact) mass is 409 g/mol. The van der Waals surface area contributed by atoms with Gasteiger partial charge in [-0.1, -0.05) is 76.0 Å². The van der Waals surface area contributed by atoms with Gasteiger partial charge in [-0.25, -0.2) is 14.4 Å². The number of halogens is 1. The average molecular weight is 410 g/mol. The lowest BCUT2D eigenvalue weighted by molar-refractivity contribution is 0.0957. The lowest BCUT2D eigenvalue weighted by Crippen LogP contribution is -2.25. The molecule has 0 aliphatic heterocycles. The van der Waals surface area contributed by atoms with Gasteiger partial charge >= 0.3 is 0 Å². The van der Waals surface area contributed by atoms with Crippen molar-refractivity contribution in [2.75, 3.05) is 13.2 Å². The van der Waals surface area contributed by atoms with Crippen LogP contribution in [-0.2, 0) is 0 Å². The van der Waals surface area contributed by atoms with Crippen molar-refractivity contribution in [3.05, 3.63) is 72.2 Å². The third kappa shape index (κ3) is 7.90. The van der Waals surface area contributed by atoms with Crippen molar-refractivity contribution in [3.63, 3.8) is 0 Å². The van der Waals surface area contributed by atoms with Crippen LogP contribution in [0.15, 0.2) is 60.9 Å². The number of fused-ring (bicyclic) bond motifs is 1. The number of carbonyl (C=O) groups is 1. The molecule has 1 saturated carbocycles. The molecular weight excluding hydrogens is 377 g/mol. The fourth-order valence-electron chi connectivity index (χ4n) is 3.37. The number of nitrogens with zero attached hydrogens (tertiary/aromatic N) is 2. The first-order valence-electron chi connectivity index (χ1n) is 10.6. The van der Waals surface area contributed by atoms with Crippen LogP contribution in [0.3, 0.4) is 0 Å². The molecule has 1 aliphatic carbocycles. The standard InChI is InChI=1S/C18H18FN3O.C7H14/c1-3-5-14(6-4-9-19)11-21-18(23)15-7-8-16-12-20-13(2)22-17(16)10-15;1-7-5-3-2-4-6-7/h3-8,10,12H,1,9,11H2,2H3,(H,21,23);7H,2-6H2,1H3/b6-4-,14-5+;. The zero-order valence-corrected chi connectivity index (χ0v) is 18.0. The van der Waals surface area contributed by atoms with Crippen molar-refractivity contribution in [1.29, 1.82) is 0 Å². The van der Waals surface area contributed by atoms with Crippen LogP contribution in [0.4, 0.5) is 4.39 Å². The van der Waals surface area contributed by atoms with Crippen LogP contribution in [0.25, 0.3) is 10.9 Å². The van der Waals surface area contributed by atoms with Gasteiger partial charge in [0.05, 0.1) is 5.52 Å². The molecule has 0 spiro atoms. The molecule has 30 heavy (non-hydrogen) atoms. The van der Waals surface area contributed by atoms with E-state index in [0.29, 0.717) is 17.9 Å². The molecule has 1 aromatic carbocycles. The number of alkyl halides is 1. The number of hydrogen-bond acceptors (Lipinski definition) is 3. The van der Waals surface area contributed by atoms with Gasteiger partial charge in [0.25, 0.3) is 5.91 Å². The molecule has 2 aromatic rings. The number of hydrogen-bond donors (Lipinski definition) is 1. The van der Waals surface area contributed by atoms with Crippen molar-refractivity contribution in [3.8, 4) is 0 Å². The largest absolute Gasteiger partial charge is 0.348 e. The summed E-state index contributed by atoms with van der Waals surface area (Å²) in [5, 5.41) is 3.68. The van der Waals surface area contributed by atoms with Crippen molar-refractivity contribution >= 4 is 16.8 Å². The Morgan fingerprint density at radius 2 is 2.07 bits per heavy atom. The van der Waals surface area contributed by atoms with E-state index in [-0.39, 0.29) is 5.91 Å². The number of carbonyl (C=O) groups excluding carboxylic acids is 1. The van der Waals surface area contributed by atoms with E-state index in [4.69, 9.17) is 0 Å². The molecule has 1 amide bonds. The summed E-state index contributed by atoms with van der Waals surface area (Å²) in [5.41, 5.74) is 2.01. The minimum atomic E-state index is -0.549. The van der Waals surface area contributed by atoms with Crippen molar-refractivity contribution in [2.45, 2.75) is 46.0 Å². The summed E-state index contributed by atoms with van der Waals surface area (Å²) in [6.07, 6.45) is 15.5. The van der Waals surface area contributed by atoms with E-state index in [1.807, 2.05) is 6.07 Å². The van der Waals surface area contributed by atoms with Crippen LogP contribution in [-0.4, -0.2) is 29.1 Å². The second-order valence-electron chi connectivity index (χ2n) is 7.65. The number of benzene rings is 1. The fourth-order valence-corrected chi connectivity index (χ4v) is 3.37. The SMILES string of the molecule is C=C/C=C(\C=C/CF)CNC(=O)c1ccc2cnc(C)nc2c1.CC1CCCCC1. The Labute approximate surface area is 179 Å². The first kappa shape index (κ1) is 23.5. The van der Waals surface area contributed by atoms with Crippen LogP contribution in [0.2, 0.25) is 0 Å². The predicted octanol–water partition coefficient (Wildman–Crippen LogP) is 5.89. The van der Waals surface area contributed by atoms with Gasteiger partial charge in [0.15, 0.2) is 0 Å². The Kier molecular flexibility index (Phi) is 9.92. The molecule has 0 radical (unpaired) electrons. The van der Waals surface area contributed by atoms with Gasteiger partial charge in [-0.15, -0.1) is 0 Å². The van der Waals surface area contributed by atoms with E-state index in [0.717, 1.165) is 22.4 Å². The average Bonchev–Trinajstić information content (AvgIpc) is 2.76. The fraction of sp³-hybridized carbons (Fsp3) is 0.400. The highest BCUT2D eigenvalue weighted by molar-refractivity contribution is 5.97. The topological polar surface area (TPSA) is 54.9 Å². The summed E-state index contributed by atoms with van der Waals surface area (Å²) in [6.45, 7) is 7.51. The molecular formula is C25H32FN3O. The minimum Gasteiger partial charge on any atom is -0.348 e. The summed E-state index contributed by atoms with van der Waals surface area (Å²) in [5.74, 6) is 1.48. The number of aryl methyl sites for hydroxylation is 1. The lowest BCUT2D eigenvalue weighted by atomic mass is 9.91. The van der Waals surface area contributed by atoms with E-state index < -0.39 is 6.67 Å². The Morgan fingerprint density at radius 1 is 1.30 bits per heavy atom. The quantitative estimate of drug-likeness (QED) is 0.605. The van der Waals surface area contributed by atoms with Gasteiger partial charge in [0.2, 0.25) is 0 Å². The highest BCUT2D eigenvalue weighted by Gasteiger charge is 2.08. The maximum Gasteiger partial charge on any atom is 0.251 e. The summed E-state index contributed by atoms with van der Waals surface area (Å²) in [4.78, 5) is 20.7. The Bertz CT molecular complexity index is 898. The molecule has 4 nitrogen and oxygen atoms in total. The number of aromatic nitrogens is 2. The molecule has 3 rings (SSSR count). The molecule has 1 N–H and O–H groups in total. The highest BCUT2D eigenvalue weighted by atomic mass is 19.1. The van der Waals surface area contributed by atoms with E-state index in [2.05, 4.69) is 28.8 Å². The molecule has 0 atom stereocenters. The normalized spacial score (nSPS) is 15.0. The van der Waals surface area contributed by atoms with E-state index in [9.17, 15) is 9.18 Å². The molecule has 0 bridgehead atoms. The third-order valence-electron chi connectivity index (χ3n) is 5.07. The van der Waals surface area contributed by atoms with Crippen molar-refractivity contribution in [2.24, 2.45) is 5.92 Å². The second-order valence-corrected chi connectivity index (χ2v) is 7.65. The van der Waals surface area contributed by atoms with E-state index in [1.54, 1.807) is 43.5 Å². The Hall–Kier alpha value is -2.82. The van der Waals surface area contributed by atoms with Crippen LogP contribution in [0.1, 0.15) is 55.2 Å². The zero-order chi connectivity index (χ0) is 21.8. The summed E-state index contributed by atoms with van der Waals surface area (Å²) < 4.78 is 12.2. The van der Waals surface area contributed by atoms with Crippen LogP contribution in [0, 0.1) is 12.8 Å². The first-order chi connectivity index (χ1) is 14.5. The molecule has 1 aliphatic rings. The van der Waals surface area contributed by atoms with Crippen molar-refractivity contribution in [1.82, 2.24) is 15.3 Å². The molecule has 0 saturated heterocycles. The van der Waals surface area contributed by atoms with Crippen molar-refractivity contribution < 1.29 is 9.18 Å².